The maximum absolute atomic E-state index is 11.6. The van der Waals surface area contributed by atoms with E-state index in [1.165, 1.54) is 5.56 Å². The lowest BCUT2D eigenvalue weighted by Gasteiger charge is -2.19. The average molecular weight is 264 g/mol. The number of nitrogens with two attached hydrogens (primary N) is 1. The van der Waals surface area contributed by atoms with E-state index in [2.05, 4.69) is 11.4 Å². The Balaban J connectivity index is 2.54. The van der Waals surface area contributed by atoms with Crippen LogP contribution in [-0.2, 0) is 11.2 Å². The maximum atomic E-state index is 11.6. The summed E-state index contributed by atoms with van der Waals surface area (Å²) in [5.74, 6) is 0. The lowest BCUT2D eigenvalue weighted by molar-refractivity contribution is 0.0636. The van der Waals surface area contributed by atoms with Gasteiger partial charge in [-0.2, -0.15) is 0 Å². The van der Waals surface area contributed by atoms with E-state index in [4.69, 9.17) is 10.5 Å². The summed E-state index contributed by atoms with van der Waals surface area (Å²) in [7, 11) is 0. The molecule has 106 valence electrons. The number of benzene rings is 1. The van der Waals surface area contributed by atoms with Gasteiger partial charge in [-0.3, -0.25) is 5.32 Å². The molecule has 0 fully saturated rings. The summed E-state index contributed by atoms with van der Waals surface area (Å²) < 4.78 is 5.21. The van der Waals surface area contributed by atoms with Crippen molar-refractivity contribution in [3.05, 3.63) is 29.8 Å². The van der Waals surface area contributed by atoms with Crippen LogP contribution in [-0.4, -0.2) is 18.2 Å². The highest BCUT2D eigenvalue weighted by molar-refractivity contribution is 5.84. The van der Waals surface area contributed by atoms with Crippen LogP contribution in [0.1, 0.15) is 39.2 Å². The van der Waals surface area contributed by atoms with Crippen LogP contribution in [0.4, 0.5) is 10.5 Å². The van der Waals surface area contributed by atoms with Crippen LogP contribution in [0.3, 0.4) is 0 Å². The first kappa shape index (κ1) is 15.5. The molecule has 1 rings (SSSR count). The second kappa shape index (κ2) is 7.14. The zero-order valence-corrected chi connectivity index (χ0v) is 12.0. The lowest BCUT2D eigenvalue weighted by atomic mass is 10.1. The molecule has 1 aromatic carbocycles. The Labute approximate surface area is 115 Å². The van der Waals surface area contributed by atoms with Gasteiger partial charge in [0.2, 0.25) is 0 Å². The highest BCUT2D eigenvalue weighted by atomic mass is 16.6. The number of carbonyl (C=O) groups is 1. The molecule has 0 aromatic heterocycles. The number of ether oxygens (including phenoxy) is 1. The molecule has 0 aliphatic carbocycles. The number of anilines is 1. The number of aryl methyl sites for hydroxylation is 1. The summed E-state index contributed by atoms with van der Waals surface area (Å²) in [5.41, 5.74) is 6.95. The van der Waals surface area contributed by atoms with Crippen LogP contribution in [0.2, 0.25) is 0 Å². The first-order chi connectivity index (χ1) is 8.90. The van der Waals surface area contributed by atoms with E-state index in [9.17, 15) is 4.79 Å². The van der Waals surface area contributed by atoms with Crippen molar-refractivity contribution in [2.75, 3.05) is 11.9 Å². The van der Waals surface area contributed by atoms with Gasteiger partial charge in [0.25, 0.3) is 0 Å². The van der Waals surface area contributed by atoms with Crippen molar-refractivity contribution in [2.24, 2.45) is 5.73 Å². The molecule has 4 heteroatoms. The summed E-state index contributed by atoms with van der Waals surface area (Å²) in [4.78, 5) is 11.6. The van der Waals surface area contributed by atoms with Crippen molar-refractivity contribution in [3.63, 3.8) is 0 Å². The Kier molecular flexibility index (Phi) is 5.83. The number of hydrogen-bond donors (Lipinski definition) is 2. The molecule has 0 aliphatic heterocycles. The Morgan fingerprint density at radius 2 is 2.05 bits per heavy atom. The van der Waals surface area contributed by atoms with Crippen molar-refractivity contribution in [1.29, 1.82) is 0 Å². The first-order valence-electron chi connectivity index (χ1n) is 6.70. The second-order valence-corrected chi connectivity index (χ2v) is 5.57. The van der Waals surface area contributed by atoms with Crippen LogP contribution < -0.4 is 11.1 Å². The van der Waals surface area contributed by atoms with Crippen LogP contribution >= 0.6 is 0 Å². The molecule has 0 radical (unpaired) electrons. The van der Waals surface area contributed by atoms with Crippen molar-refractivity contribution in [2.45, 2.75) is 45.6 Å². The largest absolute Gasteiger partial charge is 0.444 e. The third-order valence-corrected chi connectivity index (χ3v) is 2.49. The molecular formula is C15H24N2O2. The standard InChI is InChI=1S/C15H24N2O2/c1-15(2,3)19-14(18)17-13-9-6-8-12(11-13)7-4-5-10-16/h6,8-9,11H,4-5,7,10,16H2,1-3H3,(H,17,18). The van der Waals surface area contributed by atoms with E-state index >= 15 is 0 Å². The zero-order chi connectivity index (χ0) is 14.3. The minimum absolute atomic E-state index is 0.424. The lowest BCUT2D eigenvalue weighted by Crippen LogP contribution is -2.27. The Morgan fingerprint density at radius 3 is 2.68 bits per heavy atom. The van der Waals surface area contributed by atoms with E-state index in [1.54, 1.807) is 0 Å². The molecule has 1 aromatic rings. The van der Waals surface area contributed by atoms with E-state index in [0.29, 0.717) is 0 Å². The van der Waals surface area contributed by atoms with Gasteiger partial charge in [-0.15, -0.1) is 0 Å². The number of nitrogens with one attached hydrogen (secondary N) is 1. The molecule has 0 aliphatic rings. The number of carbonyl (C=O) groups excluding carboxylic acids is 1. The molecule has 0 saturated carbocycles. The third-order valence-electron chi connectivity index (χ3n) is 2.49. The van der Waals surface area contributed by atoms with E-state index in [0.717, 1.165) is 31.5 Å². The molecule has 1 amide bonds. The summed E-state index contributed by atoms with van der Waals surface area (Å²) in [6.07, 6.45) is 2.63. The summed E-state index contributed by atoms with van der Waals surface area (Å²) in [6, 6.07) is 7.82. The number of amides is 1. The molecule has 0 heterocycles. The fourth-order valence-electron chi connectivity index (χ4n) is 1.70. The molecular weight excluding hydrogens is 240 g/mol. The van der Waals surface area contributed by atoms with Gasteiger partial charge >= 0.3 is 6.09 Å². The molecule has 19 heavy (non-hydrogen) atoms. The highest BCUT2D eigenvalue weighted by Crippen LogP contribution is 2.15. The van der Waals surface area contributed by atoms with Crippen molar-refractivity contribution in [1.82, 2.24) is 0 Å². The van der Waals surface area contributed by atoms with Gasteiger partial charge in [0.05, 0.1) is 0 Å². The van der Waals surface area contributed by atoms with Crippen LogP contribution in [0.5, 0.6) is 0 Å². The van der Waals surface area contributed by atoms with Gasteiger partial charge < -0.3 is 10.5 Å². The van der Waals surface area contributed by atoms with E-state index in [-0.39, 0.29) is 0 Å². The SMILES string of the molecule is CC(C)(C)OC(=O)Nc1cccc(CCCCN)c1. The molecule has 3 N–H and O–H groups in total. The monoisotopic (exact) mass is 264 g/mol. The number of rotatable bonds is 5. The molecule has 0 bridgehead atoms. The van der Waals surface area contributed by atoms with E-state index in [1.807, 2.05) is 39.0 Å². The fourth-order valence-corrected chi connectivity index (χ4v) is 1.70. The molecule has 0 atom stereocenters. The molecule has 4 nitrogen and oxygen atoms in total. The smallest absolute Gasteiger partial charge is 0.412 e. The topological polar surface area (TPSA) is 64.3 Å². The Bertz CT molecular complexity index is 411. The van der Waals surface area contributed by atoms with Gasteiger partial charge in [-0.25, -0.2) is 4.79 Å². The van der Waals surface area contributed by atoms with Crippen molar-refractivity contribution in [3.8, 4) is 0 Å². The predicted molar refractivity (Wildman–Crippen MR) is 78.3 cm³/mol. The minimum Gasteiger partial charge on any atom is -0.444 e. The van der Waals surface area contributed by atoms with Crippen molar-refractivity contribution >= 4 is 11.8 Å². The zero-order valence-electron chi connectivity index (χ0n) is 12.0. The number of unbranched alkanes of at least 4 members (excludes halogenated alkanes) is 1. The van der Waals surface area contributed by atoms with E-state index < -0.39 is 11.7 Å². The molecule has 0 spiro atoms. The van der Waals surface area contributed by atoms with Gasteiger partial charge in [0.15, 0.2) is 0 Å². The van der Waals surface area contributed by atoms with Gasteiger partial charge in [-0.1, -0.05) is 12.1 Å². The molecule has 0 unspecified atom stereocenters. The second-order valence-electron chi connectivity index (χ2n) is 5.57. The maximum Gasteiger partial charge on any atom is 0.412 e. The highest BCUT2D eigenvalue weighted by Gasteiger charge is 2.16. The summed E-state index contributed by atoms with van der Waals surface area (Å²) in [6.45, 7) is 6.25. The van der Waals surface area contributed by atoms with Crippen LogP contribution in [0, 0.1) is 0 Å². The normalized spacial score (nSPS) is 11.2. The summed E-state index contributed by atoms with van der Waals surface area (Å²) in [5, 5.41) is 2.74. The predicted octanol–water partition coefficient (Wildman–Crippen LogP) is 3.32. The van der Waals surface area contributed by atoms with Gasteiger partial charge in [0.1, 0.15) is 5.60 Å². The average Bonchev–Trinajstić information content (AvgIpc) is 2.27. The van der Waals surface area contributed by atoms with Gasteiger partial charge in [0, 0.05) is 5.69 Å². The van der Waals surface area contributed by atoms with Crippen LogP contribution in [0.25, 0.3) is 0 Å². The number of hydrogen-bond acceptors (Lipinski definition) is 3. The third kappa shape index (κ3) is 6.82. The minimum atomic E-state index is -0.483. The fraction of sp³-hybridized carbons (Fsp3) is 0.533. The Morgan fingerprint density at radius 1 is 1.32 bits per heavy atom. The quantitative estimate of drug-likeness (QED) is 0.802. The molecule has 0 saturated heterocycles. The first-order valence-corrected chi connectivity index (χ1v) is 6.70. The van der Waals surface area contributed by atoms with Gasteiger partial charge in [-0.05, 0) is 64.3 Å². The van der Waals surface area contributed by atoms with Crippen molar-refractivity contribution < 1.29 is 9.53 Å². The van der Waals surface area contributed by atoms with Crippen LogP contribution in [0.15, 0.2) is 24.3 Å². The Hall–Kier alpha value is -1.55. The summed E-state index contributed by atoms with van der Waals surface area (Å²) >= 11 is 0.